The highest BCUT2D eigenvalue weighted by Gasteiger charge is 2.17. The summed E-state index contributed by atoms with van der Waals surface area (Å²) < 4.78 is 10.3. The average Bonchev–Trinajstić information content (AvgIpc) is 2.39. The van der Waals surface area contributed by atoms with E-state index in [1.165, 1.54) is 7.11 Å². The summed E-state index contributed by atoms with van der Waals surface area (Å²) in [4.78, 5) is 13.3. The van der Waals surface area contributed by atoms with Gasteiger partial charge in [-0.2, -0.15) is 0 Å². The van der Waals surface area contributed by atoms with E-state index in [1.54, 1.807) is 11.9 Å². The Morgan fingerprint density at radius 3 is 2.67 bits per heavy atom. The van der Waals surface area contributed by atoms with Gasteiger partial charge in [-0.25, -0.2) is 0 Å². The van der Waals surface area contributed by atoms with E-state index in [9.17, 15) is 4.79 Å². The second-order valence-corrected chi connectivity index (χ2v) is 3.98. The van der Waals surface area contributed by atoms with Crippen molar-refractivity contribution in [2.45, 2.75) is 6.04 Å². The molecule has 5 heteroatoms. The fraction of sp³-hybridized carbons (Fsp3) is 0.462. The summed E-state index contributed by atoms with van der Waals surface area (Å²) in [5, 5.41) is 0. The Labute approximate surface area is 107 Å². The first kappa shape index (κ1) is 14.5. The van der Waals surface area contributed by atoms with E-state index in [0.717, 1.165) is 5.75 Å². The molecule has 0 aliphatic rings. The molecule has 2 N–H and O–H groups in total. The predicted molar refractivity (Wildman–Crippen MR) is 69.4 cm³/mol. The molecule has 0 saturated carbocycles. The number of ether oxygens (including phenoxy) is 2. The molecule has 0 fully saturated rings. The monoisotopic (exact) mass is 252 g/mol. The first-order valence-electron chi connectivity index (χ1n) is 5.82. The Morgan fingerprint density at radius 2 is 2.06 bits per heavy atom. The molecule has 0 aliphatic heterocycles. The van der Waals surface area contributed by atoms with Crippen molar-refractivity contribution in [2.75, 3.05) is 33.9 Å². The highest BCUT2D eigenvalue weighted by atomic mass is 16.5. The maximum Gasteiger partial charge on any atom is 0.241 e. The number of nitrogens with zero attached hydrogens (tertiary/aromatic N) is 1. The molecule has 1 amide bonds. The molecule has 0 saturated heterocycles. The first-order chi connectivity index (χ1) is 8.65. The summed E-state index contributed by atoms with van der Waals surface area (Å²) in [7, 11) is 3.22. The number of amides is 1. The lowest BCUT2D eigenvalue weighted by molar-refractivity contribution is -0.132. The van der Waals surface area contributed by atoms with Crippen LogP contribution in [0.1, 0.15) is 0 Å². The Bertz CT molecular complexity index is 357. The van der Waals surface area contributed by atoms with Crippen LogP contribution in [0.25, 0.3) is 0 Å². The Kier molecular flexibility index (Phi) is 6.18. The van der Waals surface area contributed by atoms with Crippen LogP contribution in [-0.4, -0.2) is 50.8 Å². The van der Waals surface area contributed by atoms with Gasteiger partial charge in [0.2, 0.25) is 5.91 Å². The quantitative estimate of drug-likeness (QED) is 0.767. The first-order valence-corrected chi connectivity index (χ1v) is 5.82. The van der Waals surface area contributed by atoms with Gasteiger partial charge < -0.3 is 20.1 Å². The van der Waals surface area contributed by atoms with E-state index in [1.807, 2.05) is 30.3 Å². The second-order valence-electron chi connectivity index (χ2n) is 3.98. The third-order valence-corrected chi connectivity index (χ3v) is 2.48. The molecule has 100 valence electrons. The number of benzene rings is 1. The molecule has 1 atom stereocenters. The van der Waals surface area contributed by atoms with Gasteiger partial charge >= 0.3 is 0 Å². The molecule has 0 spiro atoms. The van der Waals surface area contributed by atoms with Crippen LogP contribution in [-0.2, 0) is 9.53 Å². The zero-order valence-corrected chi connectivity index (χ0v) is 10.8. The highest BCUT2D eigenvalue weighted by molar-refractivity contribution is 5.81. The number of likely N-dealkylation sites (N-methyl/N-ethyl adjacent to an activating group) is 1. The molecule has 0 aromatic heterocycles. The van der Waals surface area contributed by atoms with Crippen molar-refractivity contribution < 1.29 is 14.3 Å². The van der Waals surface area contributed by atoms with Gasteiger partial charge in [0.1, 0.15) is 18.4 Å². The zero-order chi connectivity index (χ0) is 13.4. The zero-order valence-electron chi connectivity index (χ0n) is 10.8. The summed E-state index contributed by atoms with van der Waals surface area (Å²) in [6.07, 6.45) is 0. The van der Waals surface area contributed by atoms with E-state index in [-0.39, 0.29) is 12.5 Å². The second kappa shape index (κ2) is 7.68. The van der Waals surface area contributed by atoms with Gasteiger partial charge in [0.05, 0.1) is 13.2 Å². The Balaban J connectivity index is 2.28. The van der Waals surface area contributed by atoms with Gasteiger partial charge in [-0.15, -0.1) is 0 Å². The molecule has 1 aromatic carbocycles. The predicted octanol–water partition coefficient (Wildman–Crippen LogP) is 0.498. The third-order valence-electron chi connectivity index (χ3n) is 2.48. The average molecular weight is 252 g/mol. The summed E-state index contributed by atoms with van der Waals surface area (Å²) in [5.74, 6) is 0.646. The van der Waals surface area contributed by atoms with Crippen molar-refractivity contribution in [3.05, 3.63) is 30.3 Å². The van der Waals surface area contributed by atoms with Crippen LogP contribution >= 0.6 is 0 Å². The number of para-hydroxylation sites is 1. The summed E-state index contributed by atoms with van der Waals surface area (Å²) in [5.41, 5.74) is 5.65. The van der Waals surface area contributed by atoms with Crippen LogP contribution in [0, 0.1) is 0 Å². The van der Waals surface area contributed by atoms with Crippen LogP contribution in [0.2, 0.25) is 0 Å². The molecule has 0 heterocycles. The number of hydrogen-bond donors (Lipinski definition) is 1. The van der Waals surface area contributed by atoms with E-state index in [4.69, 9.17) is 15.2 Å². The maximum atomic E-state index is 11.7. The number of hydrogen-bond acceptors (Lipinski definition) is 4. The maximum absolute atomic E-state index is 11.7. The van der Waals surface area contributed by atoms with Gasteiger partial charge in [-0.1, -0.05) is 18.2 Å². The molecule has 0 bridgehead atoms. The number of carbonyl (C=O) groups excluding carboxylic acids is 1. The summed E-state index contributed by atoms with van der Waals surface area (Å²) in [6, 6.07) is 8.86. The summed E-state index contributed by atoms with van der Waals surface area (Å²) >= 11 is 0. The number of methoxy groups -OCH3 is 1. The third kappa shape index (κ3) is 4.73. The minimum Gasteiger partial charge on any atom is -0.492 e. The van der Waals surface area contributed by atoms with Crippen molar-refractivity contribution in [1.29, 1.82) is 0 Å². The molecule has 1 unspecified atom stereocenters. The molecular weight excluding hydrogens is 232 g/mol. The molecule has 0 radical (unpaired) electrons. The van der Waals surface area contributed by atoms with Crippen molar-refractivity contribution in [3.63, 3.8) is 0 Å². The van der Waals surface area contributed by atoms with Crippen molar-refractivity contribution >= 4 is 5.91 Å². The van der Waals surface area contributed by atoms with Crippen molar-refractivity contribution in [1.82, 2.24) is 4.90 Å². The molecule has 5 nitrogen and oxygen atoms in total. The topological polar surface area (TPSA) is 64.8 Å². The number of carbonyl (C=O) groups is 1. The van der Waals surface area contributed by atoms with Crippen LogP contribution in [0.15, 0.2) is 30.3 Å². The van der Waals surface area contributed by atoms with E-state index in [0.29, 0.717) is 13.2 Å². The highest BCUT2D eigenvalue weighted by Crippen LogP contribution is 2.07. The van der Waals surface area contributed by atoms with Gasteiger partial charge in [-0.3, -0.25) is 4.79 Å². The number of rotatable bonds is 7. The minimum absolute atomic E-state index is 0.145. The van der Waals surface area contributed by atoms with Gasteiger partial charge in [0.25, 0.3) is 0 Å². The molecule has 1 aromatic rings. The largest absolute Gasteiger partial charge is 0.492 e. The minimum atomic E-state index is -0.614. The summed E-state index contributed by atoms with van der Waals surface area (Å²) in [6.45, 7) is 1.15. The Morgan fingerprint density at radius 1 is 1.39 bits per heavy atom. The van der Waals surface area contributed by atoms with Crippen LogP contribution < -0.4 is 10.5 Å². The lowest BCUT2D eigenvalue weighted by Gasteiger charge is -2.20. The molecule has 1 rings (SSSR count). The molecule has 0 aliphatic carbocycles. The Hall–Kier alpha value is -1.59. The SMILES string of the molecule is COCC(N)C(=O)N(C)CCOc1ccccc1. The van der Waals surface area contributed by atoms with Crippen molar-refractivity contribution in [2.24, 2.45) is 5.73 Å². The van der Waals surface area contributed by atoms with Crippen molar-refractivity contribution in [3.8, 4) is 5.75 Å². The fourth-order valence-electron chi connectivity index (χ4n) is 1.46. The smallest absolute Gasteiger partial charge is 0.241 e. The lowest BCUT2D eigenvalue weighted by atomic mass is 10.3. The lowest BCUT2D eigenvalue weighted by Crippen LogP contribution is -2.45. The molecule has 18 heavy (non-hydrogen) atoms. The fourth-order valence-corrected chi connectivity index (χ4v) is 1.46. The number of nitrogens with two attached hydrogens (primary N) is 1. The van der Waals surface area contributed by atoms with E-state index in [2.05, 4.69) is 0 Å². The van der Waals surface area contributed by atoms with Gasteiger partial charge in [-0.05, 0) is 12.1 Å². The molecular formula is C13H20N2O3. The van der Waals surface area contributed by atoms with Gasteiger partial charge in [0.15, 0.2) is 0 Å². The van der Waals surface area contributed by atoms with Gasteiger partial charge in [0, 0.05) is 14.2 Å². The van der Waals surface area contributed by atoms with Crippen LogP contribution in [0.3, 0.4) is 0 Å². The van der Waals surface area contributed by atoms with E-state index < -0.39 is 6.04 Å². The van der Waals surface area contributed by atoms with Crippen LogP contribution in [0.5, 0.6) is 5.75 Å². The standard InChI is InChI=1S/C13H20N2O3/c1-15(13(16)12(14)10-17-2)8-9-18-11-6-4-3-5-7-11/h3-7,12H,8-10,14H2,1-2H3. The van der Waals surface area contributed by atoms with E-state index >= 15 is 0 Å². The van der Waals surface area contributed by atoms with Crippen LogP contribution in [0.4, 0.5) is 0 Å². The normalized spacial score (nSPS) is 11.9.